The minimum absolute atomic E-state index is 0.243. The number of benzene rings is 1. The number of nitrogens with one attached hydrogen (secondary N) is 2. The summed E-state index contributed by atoms with van der Waals surface area (Å²) in [6, 6.07) is 7.85. The molecular formula is C13H14N4OS. The molecule has 1 aromatic heterocycles. The van der Waals surface area contributed by atoms with Gasteiger partial charge in [0.1, 0.15) is 0 Å². The molecule has 2 aromatic rings. The zero-order valence-electron chi connectivity index (χ0n) is 10.3. The number of hydrogen-bond acceptors (Lipinski definition) is 4. The molecule has 98 valence electrons. The summed E-state index contributed by atoms with van der Waals surface area (Å²) in [5.41, 5.74) is 2.03. The Morgan fingerprint density at radius 3 is 2.68 bits per heavy atom. The first-order chi connectivity index (χ1) is 9.25. The molecule has 1 fully saturated rings. The molecule has 19 heavy (non-hydrogen) atoms. The summed E-state index contributed by atoms with van der Waals surface area (Å²) in [5, 5.41) is 6.73. The Morgan fingerprint density at radius 1 is 1.21 bits per heavy atom. The lowest BCUT2D eigenvalue weighted by Gasteiger charge is -2.20. The van der Waals surface area contributed by atoms with Gasteiger partial charge in [-0.1, -0.05) is 18.2 Å². The van der Waals surface area contributed by atoms with Crippen molar-refractivity contribution in [1.29, 1.82) is 0 Å². The third kappa shape index (κ3) is 2.31. The molecule has 0 radical (unpaired) electrons. The summed E-state index contributed by atoms with van der Waals surface area (Å²) in [5.74, 6) is 0. The average Bonchev–Trinajstić information content (AvgIpc) is 2.93. The van der Waals surface area contributed by atoms with Crippen LogP contribution in [0.15, 0.2) is 29.1 Å². The zero-order valence-corrected chi connectivity index (χ0v) is 11.2. The fourth-order valence-corrected chi connectivity index (χ4v) is 2.58. The molecule has 1 aromatic carbocycles. The number of hydrogen-bond donors (Lipinski definition) is 2. The third-order valence-electron chi connectivity index (χ3n) is 3.32. The van der Waals surface area contributed by atoms with Crippen LogP contribution in [0.2, 0.25) is 0 Å². The van der Waals surface area contributed by atoms with Gasteiger partial charge in [0.2, 0.25) is 0 Å². The van der Waals surface area contributed by atoms with Crippen LogP contribution in [0.3, 0.4) is 0 Å². The Hall–Kier alpha value is -1.95. The molecule has 1 saturated heterocycles. The molecule has 3 rings (SSSR count). The molecule has 0 unspecified atom stereocenters. The van der Waals surface area contributed by atoms with Gasteiger partial charge in [0.15, 0.2) is 10.5 Å². The van der Waals surface area contributed by atoms with E-state index >= 15 is 0 Å². The van der Waals surface area contributed by atoms with Gasteiger partial charge in [-0.05, 0) is 31.1 Å². The molecule has 1 aliphatic heterocycles. The summed E-state index contributed by atoms with van der Waals surface area (Å²) < 4.78 is 0.243. The molecule has 5 nitrogen and oxygen atoms in total. The Balaban J connectivity index is 2.14. The number of aromatic nitrogens is 3. The number of aromatic amines is 2. The van der Waals surface area contributed by atoms with E-state index in [-0.39, 0.29) is 10.3 Å². The van der Waals surface area contributed by atoms with Crippen molar-refractivity contribution in [3.8, 4) is 11.3 Å². The quantitative estimate of drug-likeness (QED) is 0.823. The first-order valence-electron chi connectivity index (χ1n) is 6.29. The van der Waals surface area contributed by atoms with Crippen molar-refractivity contribution in [2.24, 2.45) is 0 Å². The Kier molecular flexibility index (Phi) is 3.16. The van der Waals surface area contributed by atoms with Gasteiger partial charge in [0.05, 0.1) is 0 Å². The number of nitrogens with zero attached hydrogens (tertiary/aromatic N) is 2. The minimum atomic E-state index is -0.254. The van der Waals surface area contributed by atoms with Crippen LogP contribution < -0.4 is 10.5 Å². The van der Waals surface area contributed by atoms with E-state index in [1.807, 2.05) is 24.3 Å². The van der Waals surface area contributed by atoms with Crippen LogP contribution in [0.4, 0.5) is 5.69 Å². The van der Waals surface area contributed by atoms with Gasteiger partial charge < -0.3 is 4.90 Å². The highest BCUT2D eigenvalue weighted by Gasteiger charge is 2.18. The molecule has 6 heteroatoms. The highest BCUT2D eigenvalue weighted by atomic mass is 32.1. The number of H-pyrrole nitrogens is 2. The van der Waals surface area contributed by atoms with E-state index < -0.39 is 0 Å². The fraction of sp³-hybridized carbons (Fsp3) is 0.308. The topological polar surface area (TPSA) is 64.8 Å². The molecule has 1 aliphatic rings. The third-order valence-corrected chi connectivity index (χ3v) is 3.51. The lowest BCUT2D eigenvalue weighted by molar-refractivity contribution is 0.924. The van der Waals surface area contributed by atoms with Crippen molar-refractivity contribution in [2.45, 2.75) is 12.8 Å². The number of para-hydroxylation sites is 1. The molecule has 0 aliphatic carbocycles. The minimum Gasteiger partial charge on any atom is -0.371 e. The molecule has 0 amide bonds. The number of rotatable bonds is 2. The SMILES string of the molecule is O=c1[nH]c(=S)[nH]nc1-c1ccccc1N1CCCC1. The standard InChI is InChI=1S/C13H14N4OS/c18-12-11(15-16-13(19)14-12)9-5-1-2-6-10(9)17-7-3-4-8-17/h1-2,5-6H,3-4,7-8H2,(H2,14,16,18,19). The van der Waals surface area contributed by atoms with Gasteiger partial charge in [-0.15, -0.1) is 0 Å². The van der Waals surface area contributed by atoms with Crippen LogP contribution >= 0.6 is 12.2 Å². The van der Waals surface area contributed by atoms with Crippen LogP contribution in [0.25, 0.3) is 11.3 Å². The number of anilines is 1. The molecule has 2 heterocycles. The smallest absolute Gasteiger partial charge is 0.278 e. The van der Waals surface area contributed by atoms with Crippen molar-refractivity contribution in [3.63, 3.8) is 0 Å². The second-order valence-electron chi connectivity index (χ2n) is 4.57. The summed E-state index contributed by atoms with van der Waals surface area (Å²) >= 11 is 4.87. The van der Waals surface area contributed by atoms with E-state index in [1.165, 1.54) is 12.8 Å². The van der Waals surface area contributed by atoms with Crippen LogP contribution in [-0.2, 0) is 0 Å². The predicted octanol–water partition coefficient (Wildman–Crippen LogP) is 2.09. The maximum atomic E-state index is 12.0. The maximum Gasteiger partial charge on any atom is 0.278 e. The Morgan fingerprint density at radius 2 is 1.95 bits per heavy atom. The van der Waals surface area contributed by atoms with E-state index in [0.29, 0.717) is 5.69 Å². The van der Waals surface area contributed by atoms with Crippen LogP contribution in [-0.4, -0.2) is 28.3 Å². The molecule has 0 saturated carbocycles. The predicted molar refractivity (Wildman–Crippen MR) is 76.9 cm³/mol. The van der Waals surface area contributed by atoms with Crippen molar-refractivity contribution >= 4 is 17.9 Å². The summed E-state index contributed by atoms with van der Waals surface area (Å²) in [6.45, 7) is 2.05. The lowest BCUT2D eigenvalue weighted by atomic mass is 10.1. The molecule has 0 atom stereocenters. The van der Waals surface area contributed by atoms with Crippen molar-refractivity contribution in [2.75, 3.05) is 18.0 Å². The van der Waals surface area contributed by atoms with E-state index in [1.54, 1.807) is 0 Å². The molecule has 0 bridgehead atoms. The highest BCUT2D eigenvalue weighted by molar-refractivity contribution is 7.71. The van der Waals surface area contributed by atoms with E-state index in [9.17, 15) is 4.79 Å². The second kappa shape index (κ2) is 4.97. The van der Waals surface area contributed by atoms with Gasteiger partial charge in [0.25, 0.3) is 5.56 Å². The van der Waals surface area contributed by atoms with Crippen LogP contribution in [0, 0.1) is 4.77 Å². The largest absolute Gasteiger partial charge is 0.371 e. The van der Waals surface area contributed by atoms with Gasteiger partial charge in [-0.3, -0.25) is 14.9 Å². The normalized spacial score (nSPS) is 14.8. The second-order valence-corrected chi connectivity index (χ2v) is 4.98. The Labute approximate surface area is 115 Å². The average molecular weight is 274 g/mol. The van der Waals surface area contributed by atoms with E-state index in [2.05, 4.69) is 20.1 Å². The van der Waals surface area contributed by atoms with Gasteiger partial charge in [0, 0.05) is 24.3 Å². The first-order valence-corrected chi connectivity index (χ1v) is 6.70. The van der Waals surface area contributed by atoms with Gasteiger partial charge in [-0.2, -0.15) is 5.10 Å². The molecule has 0 spiro atoms. The van der Waals surface area contributed by atoms with Crippen molar-refractivity contribution in [3.05, 3.63) is 39.4 Å². The lowest BCUT2D eigenvalue weighted by Crippen LogP contribution is -2.20. The zero-order chi connectivity index (χ0) is 13.2. The van der Waals surface area contributed by atoms with E-state index in [4.69, 9.17) is 12.2 Å². The van der Waals surface area contributed by atoms with Gasteiger partial charge in [-0.25, -0.2) is 0 Å². The van der Waals surface area contributed by atoms with Crippen molar-refractivity contribution < 1.29 is 0 Å². The summed E-state index contributed by atoms with van der Waals surface area (Å²) in [6.07, 6.45) is 2.38. The summed E-state index contributed by atoms with van der Waals surface area (Å²) in [4.78, 5) is 16.9. The fourth-order valence-electron chi connectivity index (χ4n) is 2.44. The Bertz CT molecular complexity index is 700. The summed E-state index contributed by atoms with van der Waals surface area (Å²) in [7, 11) is 0. The van der Waals surface area contributed by atoms with Crippen LogP contribution in [0.5, 0.6) is 0 Å². The molecular weight excluding hydrogens is 260 g/mol. The molecule has 2 N–H and O–H groups in total. The van der Waals surface area contributed by atoms with Gasteiger partial charge >= 0.3 is 0 Å². The van der Waals surface area contributed by atoms with E-state index in [0.717, 1.165) is 24.3 Å². The highest BCUT2D eigenvalue weighted by Crippen LogP contribution is 2.29. The maximum absolute atomic E-state index is 12.0. The monoisotopic (exact) mass is 274 g/mol. The van der Waals surface area contributed by atoms with Crippen LogP contribution in [0.1, 0.15) is 12.8 Å². The first kappa shape index (κ1) is 12.1. The van der Waals surface area contributed by atoms with Crippen molar-refractivity contribution in [1.82, 2.24) is 15.2 Å².